The monoisotopic (exact) mass is 355 g/mol. The van der Waals surface area contributed by atoms with Gasteiger partial charge in [-0.25, -0.2) is 9.78 Å². The summed E-state index contributed by atoms with van der Waals surface area (Å²) in [6, 6.07) is 13.6. The molecule has 0 bridgehead atoms. The number of benzene rings is 2. The quantitative estimate of drug-likeness (QED) is 0.709. The Morgan fingerprint density at radius 1 is 1.20 bits per heavy atom. The van der Waals surface area contributed by atoms with Crippen LogP contribution in [0.4, 0.5) is 0 Å². The van der Waals surface area contributed by atoms with Gasteiger partial charge in [0.1, 0.15) is 11.6 Å². The Hall–Kier alpha value is -2.86. The summed E-state index contributed by atoms with van der Waals surface area (Å²) >= 11 is 1.26. The van der Waals surface area contributed by atoms with Gasteiger partial charge in [0, 0.05) is 5.38 Å². The second-order valence-electron chi connectivity index (χ2n) is 5.45. The maximum absolute atomic E-state index is 11.1. The summed E-state index contributed by atoms with van der Waals surface area (Å²) < 4.78 is 11.4. The summed E-state index contributed by atoms with van der Waals surface area (Å²) in [5.74, 6) is 0.0843. The lowest BCUT2D eigenvalue weighted by molar-refractivity contribution is 0.0691. The van der Waals surface area contributed by atoms with E-state index < -0.39 is 5.97 Å². The van der Waals surface area contributed by atoms with Crippen molar-refractivity contribution in [3.05, 3.63) is 64.7 Å². The number of carboxylic acids is 1. The van der Waals surface area contributed by atoms with Crippen LogP contribution in [0.1, 0.15) is 21.6 Å². The van der Waals surface area contributed by atoms with Crippen LogP contribution in [-0.2, 0) is 6.61 Å². The molecule has 0 aliphatic rings. The first-order chi connectivity index (χ1) is 12.1. The number of aromatic carboxylic acids is 1. The molecular weight excluding hydrogens is 338 g/mol. The number of aryl methyl sites for hydroxylation is 1. The third kappa shape index (κ3) is 3.80. The number of methoxy groups -OCH3 is 1. The summed E-state index contributed by atoms with van der Waals surface area (Å²) in [7, 11) is 1.57. The fourth-order valence-electron chi connectivity index (χ4n) is 2.33. The maximum atomic E-state index is 11.1. The van der Waals surface area contributed by atoms with Gasteiger partial charge in [0.25, 0.3) is 0 Å². The minimum atomic E-state index is -1.05. The highest BCUT2D eigenvalue weighted by Crippen LogP contribution is 2.39. The third-order valence-corrected chi connectivity index (χ3v) is 4.53. The number of rotatable bonds is 6. The van der Waals surface area contributed by atoms with Crippen molar-refractivity contribution in [2.75, 3.05) is 7.11 Å². The Bertz CT molecular complexity index is 887. The van der Waals surface area contributed by atoms with Crippen LogP contribution in [-0.4, -0.2) is 23.2 Å². The van der Waals surface area contributed by atoms with Gasteiger partial charge in [-0.05, 0) is 24.6 Å². The van der Waals surface area contributed by atoms with Crippen LogP contribution in [0, 0.1) is 6.92 Å². The fourth-order valence-corrected chi connectivity index (χ4v) is 3.14. The van der Waals surface area contributed by atoms with Gasteiger partial charge < -0.3 is 14.6 Å². The van der Waals surface area contributed by atoms with E-state index in [1.54, 1.807) is 13.2 Å². The zero-order chi connectivity index (χ0) is 17.8. The van der Waals surface area contributed by atoms with E-state index in [0.29, 0.717) is 28.7 Å². The lowest BCUT2D eigenvalue weighted by Gasteiger charge is -2.14. The Kier molecular flexibility index (Phi) is 5.00. The molecule has 0 aliphatic carbocycles. The van der Waals surface area contributed by atoms with Crippen molar-refractivity contribution in [1.29, 1.82) is 0 Å². The molecule has 0 unspecified atom stereocenters. The minimum Gasteiger partial charge on any atom is -0.493 e. The van der Waals surface area contributed by atoms with Gasteiger partial charge in [0.15, 0.2) is 17.2 Å². The molecule has 25 heavy (non-hydrogen) atoms. The summed E-state index contributed by atoms with van der Waals surface area (Å²) in [4.78, 5) is 15.2. The number of nitrogens with zero attached hydrogens (tertiary/aromatic N) is 1. The van der Waals surface area contributed by atoms with E-state index in [0.717, 1.165) is 5.56 Å². The van der Waals surface area contributed by atoms with Crippen LogP contribution in [0.15, 0.2) is 47.8 Å². The molecule has 0 saturated heterocycles. The van der Waals surface area contributed by atoms with Gasteiger partial charge in [0.05, 0.1) is 12.7 Å². The predicted octanol–water partition coefficient (Wildman–Crippen LogP) is 4.40. The standard InChI is InChI=1S/C19H17NO4S/c1-12-6-8-13(9-7-12)10-24-17-14(4-3-5-16(17)23-2)18-20-15(11-25-18)19(21)22/h3-9,11H,10H2,1-2H3,(H,21,22). The molecule has 1 aromatic heterocycles. The highest BCUT2D eigenvalue weighted by molar-refractivity contribution is 7.13. The molecule has 0 spiro atoms. The Morgan fingerprint density at radius 2 is 1.96 bits per heavy atom. The highest BCUT2D eigenvalue weighted by atomic mass is 32.1. The van der Waals surface area contributed by atoms with Crippen LogP contribution in [0.2, 0.25) is 0 Å². The van der Waals surface area contributed by atoms with Crippen molar-refractivity contribution < 1.29 is 19.4 Å². The topological polar surface area (TPSA) is 68.7 Å². The van der Waals surface area contributed by atoms with E-state index in [9.17, 15) is 4.79 Å². The SMILES string of the molecule is COc1cccc(-c2nc(C(=O)O)cs2)c1OCc1ccc(C)cc1. The average molecular weight is 355 g/mol. The maximum Gasteiger partial charge on any atom is 0.355 e. The molecule has 0 atom stereocenters. The molecule has 5 nitrogen and oxygen atoms in total. The van der Waals surface area contributed by atoms with Crippen LogP contribution >= 0.6 is 11.3 Å². The molecule has 0 aliphatic heterocycles. The van der Waals surface area contributed by atoms with E-state index in [1.807, 2.05) is 43.3 Å². The average Bonchev–Trinajstić information content (AvgIpc) is 3.11. The number of hydrogen-bond donors (Lipinski definition) is 1. The highest BCUT2D eigenvalue weighted by Gasteiger charge is 2.17. The first-order valence-electron chi connectivity index (χ1n) is 7.63. The summed E-state index contributed by atoms with van der Waals surface area (Å²) in [5, 5.41) is 11.2. The molecule has 3 rings (SSSR count). The van der Waals surface area contributed by atoms with Gasteiger partial charge in [0.2, 0.25) is 0 Å². The summed E-state index contributed by atoms with van der Waals surface area (Å²) in [6.45, 7) is 2.41. The molecule has 128 valence electrons. The van der Waals surface area contributed by atoms with Crippen LogP contribution < -0.4 is 9.47 Å². The number of carbonyl (C=O) groups is 1. The van der Waals surface area contributed by atoms with Crippen LogP contribution in [0.5, 0.6) is 11.5 Å². The third-order valence-electron chi connectivity index (χ3n) is 3.66. The number of para-hydroxylation sites is 1. The van der Waals surface area contributed by atoms with Crippen molar-refractivity contribution in [1.82, 2.24) is 4.98 Å². The molecule has 3 aromatic rings. The van der Waals surface area contributed by atoms with Crippen molar-refractivity contribution in [3.63, 3.8) is 0 Å². The smallest absolute Gasteiger partial charge is 0.355 e. The van der Waals surface area contributed by atoms with Crippen molar-refractivity contribution >= 4 is 17.3 Å². The van der Waals surface area contributed by atoms with E-state index in [1.165, 1.54) is 22.3 Å². The lowest BCUT2D eigenvalue weighted by atomic mass is 10.1. The molecule has 1 heterocycles. The zero-order valence-electron chi connectivity index (χ0n) is 13.9. The van der Waals surface area contributed by atoms with Crippen LogP contribution in [0.25, 0.3) is 10.6 Å². The molecule has 0 amide bonds. The van der Waals surface area contributed by atoms with E-state index >= 15 is 0 Å². The number of carboxylic acid groups (broad SMARTS) is 1. The van der Waals surface area contributed by atoms with Crippen molar-refractivity contribution in [2.24, 2.45) is 0 Å². The van der Waals surface area contributed by atoms with Gasteiger partial charge >= 0.3 is 5.97 Å². The summed E-state index contributed by atoms with van der Waals surface area (Å²) in [6.07, 6.45) is 0. The Labute approximate surface area is 149 Å². The minimum absolute atomic E-state index is 0.0207. The molecule has 0 fully saturated rings. The number of ether oxygens (including phenoxy) is 2. The first-order valence-corrected chi connectivity index (χ1v) is 8.51. The van der Waals surface area contributed by atoms with E-state index in [-0.39, 0.29) is 5.69 Å². The predicted molar refractivity (Wildman–Crippen MR) is 96.6 cm³/mol. The second-order valence-corrected chi connectivity index (χ2v) is 6.31. The fraction of sp³-hybridized carbons (Fsp3) is 0.158. The largest absolute Gasteiger partial charge is 0.493 e. The second kappa shape index (κ2) is 7.36. The van der Waals surface area contributed by atoms with Crippen LogP contribution in [0.3, 0.4) is 0 Å². The summed E-state index contributed by atoms with van der Waals surface area (Å²) in [5.41, 5.74) is 2.95. The zero-order valence-corrected chi connectivity index (χ0v) is 14.7. The molecule has 0 radical (unpaired) electrons. The molecule has 6 heteroatoms. The lowest BCUT2D eigenvalue weighted by Crippen LogP contribution is -2.00. The van der Waals surface area contributed by atoms with E-state index in [2.05, 4.69) is 4.98 Å². The molecular formula is C19H17NO4S. The van der Waals surface area contributed by atoms with Crippen molar-refractivity contribution in [2.45, 2.75) is 13.5 Å². The van der Waals surface area contributed by atoms with Gasteiger partial charge in [-0.15, -0.1) is 11.3 Å². The molecule has 2 aromatic carbocycles. The Morgan fingerprint density at radius 3 is 2.60 bits per heavy atom. The molecule has 1 N–H and O–H groups in total. The van der Waals surface area contributed by atoms with Gasteiger partial charge in [-0.3, -0.25) is 0 Å². The van der Waals surface area contributed by atoms with E-state index in [4.69, 9.17) is 14.6 Å². The van der Waals surface area contributed by atoms with Crippen molar-refractivity contribution in [3.8, 4) is 22.1 Å². The molecule has 0 saturated carbocycles. The normalized spacial score (nSPS) is 10.5. The van der Waals surface area contributed by atoms with Gasteiger partial charge in [-0.1, -0.05) is 35.9 Å². The number of hydrogen-bond acceptors (Lipinski definition) is 5. The number of thiazole rings is 1. The first kappa shape index (κ1) is 17.0. The number of aromatic nitrogens is 1. The Balaban J connectivity index is 1.93. The van der Waals surface area contributed by atoms with Gasteiger partial charge in [-0.2, -0.15) is 0 Å².